The van der Waals surface area contributed by atoms with Gasteiger partial charge in [0, 0.05) is 5.56 Å². The van der Waals surface area contributed by atoms with Crippen molar-refractivity contribution in [2.45, 2.75) is 0 Å². The lowest BCUT2D eigenvalue weighted by Crippen LogP contribution is -2.28. The van der Waals surface area contributed by atoms with Gasteiger partial charge in [0.15, 0.2) is 0 Å². The second-order valence-electron chi connectivity index (χ2n) is 5.53. The van der Waals surface area contributed by atoms with Gasteiger partial charge in [0.2, 0.25) is 0 Å². The highest BCUT2D eigenvalue weighted by Crippen LogP contribution is 2.08. The van der Waals surface area contributed by atoms with Crippen molar-refractivity contribution in [3.8, 4) is 0 Å². The number of carbonyl (C=O) groups excluding carboxylic acids is 4. The number of hydrogen-bond acceptors (Lipinski definition) is 7. The summed E-state index contributed by atoms with van der Waals surface area (Å²) in [5, 5.41) is 2.61. The predicted molar refractivity (Wildman–Crippen MR) is 98.2 cm³/mol. The van der Waals surface area contributed by atoms with Gasteiger partial charge in [0.25, 0.3) is 5.91 Å². The Hall–Kier alpha value is -3.68. The largest absolute Gasteiger partial charge is 0.465 e. The normalized spacial score (nSPS) is 9.93. The quantitative estimate of drug-likeness (QED) is 0.440. The zero-order valence-corrected chi connectivity index (χ0v) is 15.4. The zero-order valence-electron chi connectivity index (χ0n) is 15.4. The van der Waals surface area contributed by atoms with Gasteiger partial charge in [-0.25, -0.2) is 14.4 Å². The van der Waals surface area contributed by atoms with Gasteiger partial charge in [-0.3, -0.25) is 4.79 Å². The first kappa shape index (κ1) is 20.6. The van der Waals surface area contributed by atoms with Crippen molar-refractivity contribution in [3.05, 3.63) is 70.8 Å². The molecule has 0 saturated carbocycles. The molecule has 0 radical (unpaired) electrons. The van der Waals surface area contributed by atoms with Gasteiger partial charge in [-0.1, -0.05) is 0 Å². The molecule has 0 fully saturated rings. The number of rotatable bonds is 7. The summed E-state index contributed by atoms with van der Waals surface area (Å²) in [4.78, 5) is 46.7. The fourth-order valence-corrected chi connectivity index (χ4v) is 2.23. The Morgan fingerprint density at radius 1 is 0.679 bits per heavy atom. The minimum absolute atomic E-state index is 0.0242. The number of methoxy groups -OCH3 is 2. The molecule has 8 nitrogen and oxygen atoms in total. The fraction of sp³-hybridized carbons (Fsp3) is 0.200. The Kier molecular flexibility index (Phi) is 7.27. The van der Waals surface area contributed by atoms with E-state index in [1.807, 2.05) is 0 Å². The summed E-state index contributed by atoms with van der Waals surface area (Å²) >= 11 is 0. The molecular formula is C20H19NO7. The highest BCUT2D eigenvalue weighted by atomic mass is 16.5. The Labute approximate surface area is 161 Å². The van der Waals surface area contributed by atoms with Crippen LogP contribution in [-0.4, -0.2) is 51.2 Å². The van der Waals surface area contributed by atoms with Crippen molar-refractivity contribution in [2.24, 2.45) is 0 Å². The molecule has 2 aromatic carbocycles. The molecule has 0 atom stereocenters. The molecule has 2 aromatic rings. The lowest BCUT2D eigenvalue weighted by Gasteiger charge is -2.08. The topological polar surface area (TPSA) is 108 Å². The molecule has 8 heteroatoms. The highest BCUT2D eigenvalue weighted by molar-refractivity contribution is 5.96. The highest BCUT2D eigenvalue weighted by Gasteiger charge is 2.11. The first-order chi connectivity index (χ1) is 13.5. The molecule has 0 unspecified atom stereocenters. The predicted octanol–water partition coefficient (Wildman–Crippen LogP) is 1.85. The number of carbonyl (C=O) groups is 4. The molecule has 0 heterocycles. The lowest BCUT2D eigenvalue weighted by atomic mass is 10.1. The van der Waals surface area contributed by atoms with E-state index >= 15 is 0 Å². The third-order valence-electron chi connectivity index (χ3n) is 3.73. The van der Waals surface area contributed by atoms with Crippen LogP contribution >= 0.6 is 0 Å². The van der Waals surface area contributed by atoms with E-state index in [0.717, 1.165) is 0 Å². The molecular weight excluding hydrogens is 366 g/mol. The molecule has 0 aliphatic rings. The van der Waals surface area contributed by atoms with Gasteiger partial charge in [-0.2, -0.15) is 0 Å². The van der Waals surface area contributed by atoms with E-state index in [2.05, 4.69) is 14.8 Å². The number of hydrogen-bond donors (Lipinski definition) is 1. The first-order valence-electron chi connectivity index (χ1n) is 8.28. The third-order valence-corrected chi connectivity index (χ3v) is 3.73. The fourth-order valence-electron chi connectivity index (χ4n) is 2.23. The Bertz CT molecular complexity index is 784. The summed E-state index contributed by atoms with van der Waals surface area (Å²) < 4.78 is 14.2. The van der Waals surface area contributed by atoms with Crippen LogP contribution in [0.3, 0.4) is 0 Å². The van der Waals surface area contributed by atoms with Crippen molar-refractivity contribution in [1.82, 2.24) is 5.32 Å². The van der Waals surface area contributed by atoms with Crippen molar-refractivity contribution in [2.75, 3.05) is 27.4 Å². The van der Waals surface area contributed by atoms with E-state index in [4.69, 9.17) is 4.74 Å². The minimum Gasteiger partial charge on any atom is -0.465 e. The average Bonchev–Trinajstić information content (AvgIpc) is 2.75. The number of nitrogens with one attached hydrogen (secondary N) is 1. The van der Waals surface area contributed by atoms with E-state index in [1.54, 1.807) is 0 Å². The van der Waals surface area contributed by atoms with Crippen LogP contribution in [0.1, 0.15) is 41.4 Å². The Balaban J connectivity index is 1.78. The summed E-state index contributed by atoms with van der Waals surface area (Å²) in [6.07, 6.45) is 0. The third kappa shape index (κ3) is 5.41. The van der Waals surface area contributed by atoms with Crippen LogP contribution in [0.15, 0.2) is 48.5 Å². The maximum absolute atomic E-state index is 12.0. The van der Waals surface area contributed by atoms with Crippen LogP contribution in [0.25, 0.3) is 0 Å². The lowest BCUT2D eigenvalue weighted by molar-refractivity contribution is 0.0501. The summed E-state index contributed by atoms with van der Waals surface area (Å²) in [5.41, 5.74) is 1.30. The Morgan fingerprint density at radius 3 is 1.50 bits per heavy atom. The van der Waals surface area contributed by atoms with E-state index in [-0.39, 0.29) is 24.6 Å². The van der Waals surface area contributed by atoms with Crippen LogP contribution in [-0.2, 0) is 14.2 Å². The van der Waals surface area contributed by atoms with Gasteiger partial charge in [-0.15, -0.1) is 0 Å². The van der Waals surface area contributed by atoms with E-state index in [9.17, 15) is 19.2 Å². The first-order valence-corrected chi connectivity index (χ1v) is 8.28. The van der Waals surface area contributed by atoms with Crippen LogP contribution in [0.4, 0.5) is 0 Å². The summed E-state index contributed by atoms with van der Waals surface area (Å²) in [7, 11) is 2.55. The molecule has 0 bridgehead atoms. The molecule has 0 aliphatic heterocycles. The van der Waals surface area contributed by atoms with Gasteiger partial charge < -0.3 is 19.5 Å². The molecule has 0 spiro atoms. The molecule has 1 amide bonds. The van der Waals surface area contributed by atoms with Gasteiger partial charge in [0.05, 0.1) is 37.5 Å². The van der Waals surface area contributed by atoms with Crippen LogP contribution in [0.2, 0.25) is 0 Å². The average molecular weight is 385 g/mol. The Morgan fingerprint density at radius 2 is 1.07 bits per heavy atom. The maximum atomic E-state index is 12.0. The number of amides is 1. The standard InChI is InChI=1S/C20H19NO7/c1-26-18(23)14-5-3-13(4-6-14)17(22)21-11-12-28-20(25)16-9-7-15(8-10-16)19(24)27-2/h3-10H,11-12H2,1-2H3,(H,21,22). The van der Waals surface area contributed by atoms with Crippen LogP contribution in [0, 0.1) is 0 Å². The molecule has 0 aromatic heterocycles. The van der Waals surface area contributed by atoms with E-state index < -0.39 is 17.9 Å². The van der Waals surface area contributed by atoms with Crippen LogP contribution < -0.4 is 5.32 Å². The van der Waals surface area contributed by atoms with Crippen LogP contribution in [0.5, 0.6) is 0 Å². The molecule has 0 aliphatic carbocycles. The number of benzene rings is 2. The maximum Gasteiger partial charge on any atom is 0.338 e. The number of esters is 3. The minimum atomic E-state index is -0.576. The second kappa shape index (κ2) is 9.86. The molecule has 1 N–H and O–H groups in total. The van der Waals surface area contributed by atoms with Gasteiger partial charge in [-0.05, 0) is 48.5 Å². The van der Waals surface area contributed by atoms with E-state index in [0.29, 0.717) is 16.7 Å². The molecule has 146 valence electrons. The van der Waals surface area contributed by atoms with Crippen molar-refractivity contribution in [3.63, 3.8) is 0 Å². The van der Waals surface area contributed by atoms with E-state index in [1.165, 1.54) is 62.8 Å². The summed E-state index contributed by atoms with van der Waals surface area (Å²) in [6.45, 7) is 0.0904. The van der Waals surface area contributed by atoms with Crippen molar-refractivity contribution >= 4 is 23.8 Å². The second-order valence-corrected chi connectivity index (χ2v) is 5.53. The molecule has 28 heavy (non-hydrogen) atoms. The molecule has 0 saturated heterocycles. The smallest absolute Gasteiger partial charge is 0.338 e. The van der Waals surface area contributed by atoms with Gasteiger partial charge in [0.1, 0.15) is 6.61 Å². The van der Waals surface area contributed by atoms with Crippen molar-refractivity contribution in [1.29, 1.82) is 0 Å². The SMILES string of the molecule is COC(=O)c1ccc(C(=O)NCCOC(=O)c2ccc(C(=O)OC)cc2)cc1. The van der Waals surface area contributed by atoms with Gasteiger partial charge >= 0.3 is 17.9 Å². The summed E-state index contributed by atoms with van der Waals surface area (Å²) in [6, 6.07) is 11.8. The molecule has 2 rings (SSSR count). The number of ether oxygens (including phenoxy) is 3. The van der Waals surface area contributed by atoms with Crippen molar-refractivity contribution < 1.29 is 33.4 Å². The zero-order chi connectivity index (χ0) is 20.5. The monoisotopic (exact) mass is 385 g/mol. The summed E-state index contributed by atoms with van der Waals surface area (Å²) in [5.74, 6) is -1.93.